The molecule has 2 aromatic carbocycles. The highest BCUT2D eigenvalue weighted by Crippen LogP contribution is 2.31. The van der Waals surface area contributed by atoms with Gasteiger partial charge in [-0.15, -0.1) is 0 Å². The number of rotatable bonds is 6. The number of carbonyl (C=O) groups excluding carboxylic acids is 2. The molecule has 0 bridgehead atoms. The average molecular weight is 402 g/mol. The summed E-state index contributed by atoms with van der Waals surface area (Å²) in [6, 6.07) is 20.7. The van der Waals surface area contributed by atoms with E-state index in [0.29, 0.717) is 11.4 Å². The molecule has 0 aliphatic carbocycles. The van der Waals surface area contributed by atoms with Crippen LogP contribution in [0.5, 0.6) is 0 Å². The Balaban J connectivity index is 2.25. The van der Waals surface area contributed by atoms with E-state index in [4.69, 9.17) is 0 Å². The van der Waals surface area contributed by atoms with Gasteiger partial charge < -0.3 is 0 Å². The van der Waals surface area contributed by atoms with Gasteiger partial charge in [-0.2, -0.15) is 0 Å². The quantitative estimate of drug-likeness (QED) is 0.661. The van der Waals surface area contributed by atoms with Gasteiger partial charge in [-0.05, 0) is 38.0 Å². The number of hydrogen-bond acceptors (Lipinski definition) is 5. The van der Waals surface area contributed by atoms with Crippen LogP contribution in [-0.4, -0.2) is 21.8 Å². The van der Waals surface area contributed by atoms with Crippen LogP contribution in [0.25, 0.3) is 0 Å². The summed E-state index contributed by atoms with van der Waals surface area (Å²) in [5.41, 5.74) is 1.67. The minimum atomic E-state index is -1.46. The third-order valence-electron chi connectivity index (χ3n) is 4.89. The van der Waals surface area contributed by atoms with E-state index < -0.39 is 17.4 Å². The maximum Gasteiger partial charge on any atom is 0.259 e. The first-order chi connectivity index (χ1) is 14.3. The van der Waals surface area contributed by atoms with Gasteiger partial charge in [0.05, 0.1) is 0 Å². The van der Waals surface area contributed by atoms with E-state index in [2.05, 4.69) is 20.6 Å². The summed E-state index contributed by atoms with van der Waals surface area (Å²) in [7, 11) is 0. The van der Waals surface area contributed by atoms with Gasteiger partial charge in [0.15, 0.2) is 11.4 Å². The molecule has 3 aromatic rings. The molecule has 0 fully saturated rings. The van der Waals surface area contributed by atoms with Crippen molar-refractivity contribution in [3.8, 4) is 0 Å². The van der Waals surface area contributed by atoms with Gasteiger partial charge in [-0.25, -0.2) is 9.97 Å². The highest BCUT2D eigenvalue weighted by molar-refractivity contribution is 6.01. The van der Waals surface area contributed by atoms with Crippen LogP contribution in [0, 0.1) is 13.8 Å². The molecular weight excluding hydrogens is 376 g/mol. The molecule has 3 rings (SSSR count). The molecule has 1 heterocycles. The van der Waals surface area contributed by atoms with Crippen LogP contribution >= 0.6 is 0 Å². The molecule has 2 N–H and O–H groups in total. The first kappa shape index (κ1) is 21.3. The second-order valence-electron chi connectivity index (χ2n) is 7.38. The number of carbonyl (C=O) groups is 2. The van der Waals surface area contributed by atoms with Gasteiger partial charge in [0, 0.05) is 24.4 Å². The van der Waals surface area contributed by atoms with Gasteiger partial charge in [0.25, 0.3) is 5.91 Å². The predicted octanol–water partition coefficient (Wildman–Crippen LogP) is 3.35. The molecule has 0 unspecified atom stereocenters. The highest BCUT2D eigenvalue weighted by Gasteiger charge is 2.46. The average Bonchev–Trinajstić information content (AvgIpc) is 2.72. The van der Waals surface area contributed by atoms with Crippen molar-refractivity contribution in [2.75, 3.05) is 0 Å². The maximum atomic E-state index is 13.6. The Bertz CT molecular complexity index is 1020. The lowest BCUT2D eigenvalue weighted by Gasteiger charge is -2.35. The van der Waals surface area contributed by atoms with Crippen molar-refractivity contribution in [3.05, 3.63) is 95.1 Å². The topological polar surface area (TPSA) is 84.0 Å². The van der Waals surface area contributed by atoms with Gasteiger partial charge in [0.2, 0.25) is 5.91 Å². The molecule has 2 amide bonds. The normalized spacial score (nSPS) is 13.9. The Hall–Kier alpha value is -3.38. The van der Waals surface area contributed by atoms with E-state index in [1.165, 1.54) is 6.92 Å². The lowest BCUT2D eigenvalue weighted by Crippen LogP contribution is -2.57. The minimum Gasteiger partial charge on any atom is -0.294 e. The Labute approximate surface area is 176 Å². The molecule has 154 valence electrons. The summed E-state index contributed by atoms with van der Waals surface area (Å²) < 4.78 is 0. The number of nitrogens with one attached hydrogen (secondary N) is 2. The number of aromatic nitrogens is 2. The van der Waals surface area contributed by atoms with Crippen molar-refractivity contribution in [1.82, 2.24) is 20.6 Å². The van der Waals surface area contributed by atoms with Crippen LogP contribution in [0.15, 0.2) is 66.7 Å². The zero-order chi connectivity index (χ0) is 21.7. The summed E-state index contributed by atoms with van der Waals surface area (Å²) in [6.07, 6.45) is 0. The molecule has 6 nitrogen and oxygen atoms in total. The van der Waals surface area contributed by atoms with Gasteiger partial charge in [-0.1, -0.05) is 60.7 Å². The summed E-state index contributed by atoms with van der Waals surface area (Å²) in [6.45, 7) is 7.00. The van der Waals surface area contributed by atoms with E-state index >= 15 is 0 Å². The molecule has 2 atom stereocenters. The largest absolute Gasteiger partial charge is 0.294 e. The molecule has 0 saturated carbocycles. The molecule has 0 aliphatic heterocycles. The van der Waals surface area contributed by atoms with E-state index in [1.807, 2.05) is 87.5 Å². The minimum absolute atomic E-state index is 0.228. The molecule has 1 aromatic heterocycles. The van der Waals surface area contributed by atoms with Crippen molar-refractivity contribution in [1.29, 1.82) is 0 Å². The van der Waals surface area contributed by atoms with Gasteiger partial charge in [0.1, 0.15) is 0 Å². The lowest BCUT2D eigenvalue weighted by molar-refractivity contribution is -0.133. The smallest absolute Gasteiger partial charge is 0.259 e. The predicted molar refractivity (Wildman–Crippen MR) is 116 cm³/mol. The Kier molecular flexibility index (Phi) is 6.37. The van der Waals surface area contributed by atoms with E-state index in [0.717, 1.165) is 17.0 Å². The van der Waals surface area contributed by atoms with Crippen LogP contribution in [0.3, 0.4) is 0 Å². The molecule has 30 heavy (non-hydrogen) atoms. The Morgan fingerprint density at radius 3 is 1.97 bits per heavy atom. The van der Waals surface area contributed by atoms with E-state index in [-0.39, 0.29) is 6.04 Å². The molecule has 0 spiro atoms. The van der Waals surface area contributed by atoms with Crippen molar-refractivity contribution in [2.24, 2.45) is 0 Å². The fourth-order valence-electron chi connectivity index (χ4n) is 3.56. The summed E-state index contributed by atoms with van der Waals surface area (Å²) in [5, 5.41) is 5.91. The second-order valence-corrected chi connectivity index (χ2v) is 7.38. The lowest BCUT2D eigenvalue weighted by atomic mass is 9.85. The van der Waals surface area contributed by atoms with Gasteiger partial charge in [-0.3, -0.25) is 20.2 Å². The fourth-order valence-corrected chi connectivity index (χ4v) is 3.56. The van der Waals surface area contributed by atoms with Gasteiger partial charge >= 0.3 is 0 Å². The van der Waals surface area contributed by atoms with Crippen LogP contribution < -0.4 is 10.6 Å². The van der Waals surface area contributed by atoms with Crippen LogP contribution in [0.2, 0.25) is 0 Å². The fraction of sp³-hybridized carbons (Fsp3) is 0.250. The second kappa shape index (κ2) is 8.97. The van der Waals surface area contributed by atoms with E-state index in [1.54, 1.807) is 0 Å². The molecule has 6 heteroatoms. The van der Waals surface area contributed by atoms with Crippen LogP contribution in [0.1, 0.15) is 48.2 Å². The number of nitrogens with zero attached hydrogens (tertiary/aromatic N) is 2. The third kappa shape index (κ3) is 4.44. The number of imide groups is 1. The van der Waals surface area contributed by atoms with Crippen molar-refractivity contribution in [3.63, 3.8) is 0 Å². The third-order valence-corrected chi connectivity index (χ3v) is 4.89. The summed E-state index contributed by atoms with van der Waals surface area (Å²) >= 11 is 0. The monoisotopic (exact) mass is 402 g/mol. The van der Waals surface area contributed by atoms with E-state index in [9.17, 15) is 9.59 Å². The Morgan fingerprint density at radius 2 is 1.43 bits per heavy atom. The molecule has 0 saturated heterocycles. The number of aryl methyl sites for hydroxylation is 2. The maximum absolute atomic E-state index is 13.6. The number of amides is 2. The van der Waals surface area contributed by atoms with Crippen molar-refractivity contribution < 1.29 is 9.59 Å². The molecular formula is C24H26N4O2. The zero-order valence-corrected chi connectivity index (χ0v) is 17.6. The summed E-state index contributed by atoms with van der Waals surface area (Å²) in [4.78, 5) is 34.7. The standard InChI is InChI=1S/C24H26N4O2/c1-16-15-17(2)26-22(25-16)24(23(30)27-19(4)29,21-13-9-6-10-14-21)28-18(3)20-11-7-5-8-12-20/h5-15,18,28H,1-4H3,(H,27,29,30)/t18-,24-/m0/s1. The summed E-state index contributed by atoms with van der Waals surface area (Å²) in [5.74, 6) is -0.666. The van der Waals surface area contributed by atoms with Crippen molar-refractivity contribution >= 4 is 11.8 Å². The van der Waals surface area contributed by atoms with Crippen LogP contribution in [0.4, 0.5) is 0 Å². The number of hydrogen-bond donors (Lipinski definition) is 2. The zero-order valence-electron chi connectivity index (χ0n) is 17.6. The first-order valence-electron chi connectivity index (χ1n) is 9.86. The molecule has 0 radical (unpaired) electrons. The SMILES string of the molecule is CC(=O)NC(=O)[C@](N[C@@H](C)c1ccccc1)(c1ccccc1)c1nc(C)cc(C)n1. The Morgan fingerprint density at radius 1 is 0.900 bits per heavy atom. The molecule has 0 aliphatic rings. The highest BCUT2D eigenvalue weighted by atomic mass is 16.2. The van der Waals surface area contributed by atoms with Crippen LogP contribution in [-0.2, 0) is 15.1 Å². The number of benzene rings is 2. The first-order valence-corrected chi connectivity index (χ1v) is 9.86. The van der Waals surface area contributed by atoms with Crippen molar-refractivity contribution in [2.45, 2.75) is 39.3 Å².